The minimum Gasteiger partial charge on any atom is -0.480 e. The van der Waals surface area contributed by atoms with Gasteiger partial charge in [-0.2, -0.15) is 0 Å². The topological polar surface area (TPSA) is 66.8 Å². The van der Waals surface area contributed by atoms with Gasteiger partial charge in [-0.3, -0.25) is 4.90 Å². The van der Waals surface area contributed by atoms with E-state index in [9.17, 15) is 14.7 Å². The standard InChI is InChI=1S/C15H19NO4/c1-2-11-8-9-16(13(10-11)14(17)18)15(19)20-12-6-4-3-5-7-12/h3-7,11,13H,2,8-10H2,1H3,(H,17,18). The van der Waals surface area contributed by atoms with E-state index in [0.29, 0.717) is 24.6 Å². The van der Waals surface area contributed by atoms with Crippen LogP contribution in [0.1, 0.15) is 26.2 Å². The predicted octanol–water partition coefficient (Wildman–Crippen LogP) is 2.76. The van der Waals surface area contributed by atoms with Gasteiger partial charge in [-0.25, -0.2) is 9.59 Å². The maximum atomic E-state index is 12.1. The van der Waals surface area contributed by atoms with Crippen molar-refractivity contribution in [1.29, 1.82) is 0 Å². The Kier molecular flexibility index (Phi) is 4.61. The van der Waals surface area contributed by atoms with Crippen molar-refractivity contribution in [2.24, 2.45) is 5.92 Å². The fourth-order valence-corrected chi connectivity index (χ4v) is 2.51. The molecular formula is C15H19NO4. The number of hydrogen-bond donors (Lipinski definition) is 1. The van der Waals surface area contributed by atoms with E-state index < -0.39 is 18.1 Å². The van der Waals surface area contributed by atoms with E-state index in [4.69, 9.17) is 4.74 Å². The van der Waals surface area contributed by atoms with Crippen LogP contribution in [0.5, 0.6) is 5.75 Å². The molecule has 1 heterocycles. The first-order chi connectivity index (χ1) is 9.61. The van der Waals surface area contributed by atoms with E-state index in [1.165, 1.54) is 4.90 Å². The first-order valence-electron chi connectivity index (χ1n) is 6.88. The molecule has 1 aliphatic heterocycles. The van der Waals surface area contributed by atoms with Crippen molar-refractivity contribution < 1.29 is 19.4 Å². The third-order valence-corrected chi connectivity index (χ3v) is 3.76. The van der Waals surface area contributed by atoms with Crippen LogP contribution >= 0.6 is 0 Å². The molecule has 0 radical (unpaired) electrons. The average molecular weight is 277 g/mol. The number of benzene rings is 1. The number of piperidine rings is 1. The Morgan fingerprint density at radius 1 is 1.35 bits per heavy atom. The number of rotatable bonds is 3. The lowest BCUT2D eigenvalue weighted by Gasteiger charge is -2.35. The molecule has 1 aromatic rings. The van der Waals surface area contributed by atoms with Gasteiger partial charge < -0.3 is 9.84 Å². The molecule has 1 saturated heterocycles. The SMILES string of the molecule is CCC1CCN(C(=O)Oc2ccccc2)C(C(=O)O)C1. The molecule has 1 aliphatic rings. The number of hydrogen-bond acceptors (Lipinski definition) is 3. The van der Waals surface area contributed by atoms with Crippen molar-refractivity contribution >= 4 is 12.1 Å². The summed E-state index contributed by atoms with van der Waals surface area (Å²) < 4.78 is 5.23. The molecule has 20 heavy (non-hydrogen) atoms. The summed E-state index contributed by atoms with van der Waals surface area (Å²) in [4.78, 5) is 24.8. The fourth-order valence-electron chi connectivity index (χ4n) is 2.51. The number of carboxylic acids is 1. The lowest BCUT2D eigenvalue weighted by atomic mass is 9.89. The Balaban J connectivity index is 2.06. The predicted molar refractivity (Wildman–Crippen MR) is 73.6 cm³/mol. The van der Waals surface area contributed by atoms with Crippen molar-refractivity contribution in [3.05, 3.63) is 30.3 Å². The maximum Gasteiger partial charge on any atom is 0.415 e. The summed E-state index contributed by atoms with van der Waals surface area (Å²) in [5, 5.41) is 9.29. The molecule has 1 N–H and O–H groups in total. The van der Waals surface area contributed by atoms with E-state index in [-0.39, 0.29) is 0 Å². The number of ether oxygens (including phenoxy) is 1. The molecular weight excluding hydrogens is 258 g/mol. The van der Waals surface area contributed by atoms with E-state index in [0.717, 1.165) is 12.8 Å². The van der Waals surface area contributed by atoms with Crippen molar-refractivity contribution in [2.75, 3.05) is 6.54 Å². The van der Waals surface area contributed by atoms with Gasteiger partial charge in [-0.1, -0.05) is 31.5 Å². The highest BCUT2D eigenvalue weighted by Gasteiger charge is 2.36. The number of likely N-dealkylation sites (tertiary alicyclic amines) is 1. The Labute approximate surface area is 118 Å². The van der Waals surface area contributed by atoms with Gasteiger partial charge in [-0.05, 0) is 30.9 Å². The van der Waals surface area contributed by atoms with Gasteiger partial charge in [0.05, 0.1) is 0 Å². The van der Waals surface area contributed by atoms with Gasteiger partial charge in [0.25, 0.3) is 0 Å². The number of carbonyl (C=O) groups excluding carboxylic acids is 1. The van der Waals surface area contributed by atoms with Gasteiger partial charge in [-0.15, -0.1) is 0 Å². The molecule has 1 aromatic carbocycles. The highest BCUT2D eigenvalue weighted by molar-refractivity contribution is 5.81. The van der Waals surface area contributed by atoms with E-state index in [1.54, 1.807) is 24.3 Å². The lowest BCUT2D eigenvalue weighted by molar-refractivity contribution is -0.144. The molecule has 2 rings (SSSR count). The number of carbonyl (C=O) groups is 2. The normalized spacial score (nSPS) is 22.4. The maximum absolute atomic E-state index is 12.1. The second kappa shape index (κ2) is 6.41. The smallest absolute Gasteiger partial charge is 0.415 e. The van der Waals surface area contributed by atoms with Gasteiger partial charge in [0.1, 0.15) is 11.8 Å². The second-order valence-corrected chi connectivity index (χ2v) is 5.03. The number of para-hydroxylation sites is 1. The first kappa shape index (κ1) is 14.4. The van der Waals surface area contributed by atoms with Gasteiger partial charge in [0.15, 0.2) is 0 Å². The summed E-state index contributed by atoms with van der Waals surface area (Å²) in [5.74, 6) is -0.177. The molecule has 0 spiro atoms. The molecule has 1 amide bonds. The first-order valence-corrected chi connectivity index (χ1v) is 6.88. The summed E-state index contributed by atoms with van der Waals surface area (Å²) >= 11 is 0. The quantitative estimate of drug-likeness (QED) is 0.922. The lowest BCUT2D eigenvalue weighted by Crippen LogP contribution is -2.51. The van der Waals surface area contributed by atoms with Crippen LogP contribution in [-0.2, 0) is 4.79 Å². The molecule has 0 bridgehead atoms. The van der Waals surface area contributed by atoms with Crippen molar-refractivity contribution in [3.8, 4) is 5.75 Å². The van der Waals surface area contributed by atoms with Crippen LogP contribution in [0.2, 0.25) is 0 Å². The largest absolute Gasteiger partial charge is 0.480 e. The van der Waals surface area contributed by atoms with E-state index in [1.807, 2.05) is 13.0 Å². The summed E-state index contributed by atoms with van der Waals surface area (Å²) in [7, 11) is 0. The van der Waals surface area contributed by atoms with Gasteiger partial charge in [0, 0.05) is 6.54 Å². The monoisotopic (exact) mass is 277 g/mol. The third-order valence-electron chi connectivity index (χ3n) is 3.76. The number of nitrogens with zero attached hydrogens (tertiary/aromatic N) is 1. The van der Waals surface area contributed by atoms with Crippen molar-refractivity contribution in [1.82, 2.24) is 4.90 Å². The summed E-state index contributed by atoms with van der Waals surface area (Å²) in [6.45, 7) is 2.47. The zero-order valence-electron chi connectivity index (χ0n) is 11.5. The minimum absolute atomic E-state index is 0.358. The molecule has 2 unspecified atom stereocenters. The molecule has 1 fully saturated rings. The number of amides is 1. The fraction of sp³-hybridized carbons (Fsp3) is 0.467. The van der Waals surface area contributed by atoms with Crippen LogP contribution in [0, 0.1) is 5.92 Å². The summed E-state index contributed by atoms with van der Waals surface area (Å²) in [6, 6.07) is 7.91. The zero-order valence-corrected chi connectivity index (χ0v) is 11.5. The molecule has 0 saturated carbocycles. The zero-order chi connectivity index (χ0) is 14.5. The second-order valence-electron chi connectivity index (χ2n) is 5.03. The Morgan fingerprint density at radius 3 is 2.65 bits per heavy atom. The highest BCUT2D eigenvalue weighted by Crippen LogP contribution is 2.26. The Morgan fingerprint density at radius 2 is 2.05 bits per heavy atom. The van der Waals surface area contributed by atoms with Gasteiger partial charge >= 0.3 is 12.1 Å². The van der Waals surface area contributed by atoms with Crippen LogP contribution in [0.25, 0.3) is 0 Å². The van der Waals surface area contributed by atoms with Crippen LogP contribution in [0.3, 0.4) is 0 Å². The molecule has 5 nitrogen and oxygen atoms in total. The Bertz CT molecular complexity index is 474. The molecule has 108 valence electrons. The molecule has 0 aromatic heterocycles. The van der Waals surface area contributed by atoms with Crippen LogP contribution in [0.4, 0.5) is 4.79 Å². The van der Waals surface area contributed by atoms with Crippen LogP contribution in [0.15, 0.2) is 30.3 Å². The Hall–Kier alpha value is -2.04. The van der Waals surface area contributed by atoms with Gasteiger partial charge in [0.2, 0.25) is 0 Å². The number of aliphatic carboxylic acids is 1. The van der Waals surface area contributed by atoms with E-state index in [2.05, 4.69) is 0 Å². The number of carboxylic acid groups (broad SMARTS) is 1. The highest BCUT2D eigenvalue weighted by atomic mass is 16.6. The van der Waals surface area contributed by atoms with Crippen LogP contribution < -0.4 is 4.74 Å². The van der Waals surface area contributed by atoms with Crippen molar-refractivity contribution in [2.45, 2.75) is 32.2 Å². The average Bonchev–Trinajstić information content (AvgIpc) is 2.47. The minimum atomic E-state index is -0.965. The third kappa shape index (κ3) is 3.29. The molecule has 2 atom stereocenters. The summed E-state index contributed by atoms with van der Waals surface area (Å²) in [6.07, 6.45) is 1.67. The molecule has 0 aliphatic carbocycles. The summed E-state index contributed by atoms with van der Waals surface area (Å²) in [5.41, 5.74) is 0. The van der Waals surface area contributed by atoms with Crippen LogP contribution in [-0.4, -0.2) is 34.7 Å². The van der Waals surface area contributed by atoms with Crippen molar-refractivity contribution in [3.63, 3.8) is 0 Å². The molecule has 5 heteroatoms. The van der Waals surface area contributed by atoms with E-state index >= 15 is 0 Å².